The molecule has 0 saturated carbocycles. The van der Waals surface area contributed by atoms with Crippen molar-refractivity contribution in [3.8, 4) is 0 Å². The molecule has 20 heavy (non-hydrogen) atoms. The molecule has 1 N–H and O–H groups in total. The summed E-state index contributed by atoms with van der Waals surface area (Å²) >= 11 is 7.67. The fraction of sp³-hybridized carbons (Fsp3) is 0.600. The number of fused-ring (bicyclic) bond motifs is 1. The lowest BCUT2D eigenvalue weighted by Crippen LogP contribution is -2.14. The molecule has 0 aliphatic heterocycles. The number of hydrogen-bond acceptors (Lipinski definition) is 4. The highest BCUT2D eigenvalue weighted by molar-refractivity contribution is 7.18. The van der Waals surface area contributed by atoms with E-state index >= 15 is 0 Å². The number of hydrogen-bond donors (Lipinski definition) is 1. The summed E-state index contributed by atoms with van der Waals surface area (Å²) in [6.45, 7) is 7.52. The summed E-state index contributed by atoms with van der Waals surface area (Å²) in [5.41, 5.74) is 0. The fourth-order valence-corrected chi connectivity index (χ4v) is 3.43. The zero-order chi connectivity index (χ0) is 14.5. The molecule has 1 atom stereocenters. The van der Waals surface area contributed by atoms with E-state index in [1.807, 2.05) is 0 Å². The van der Waals surface area contributed by atoms with Gasteiger partial charge in [0, 0.05) is 11.4 Å². The molecule has 0 spiro atoms. The van der Waals surface area contributed by atoms with E-state index in [1.54, 1.807) is 11.3 Å². The molecule has 2 aromatic rings. The van der Waals surface area contributed by atoms with Crippen LogP contribution in [0.15, 0.2) is 6.07 Å². The van der Waals surface area contributed by atoms with Gasteiger partial charge in [-0.2, -0.15) is 0 Å². The molecule has 0 radical (unpaired) electrons. The number of rotatable bonds is 7. The van der Waals surface area contributed by atoms with Crippen molar-refractivity contribution in [2.24, 2.45) is 5.92 Å². The van der Waals surface area contributed by atoms with E-state index in [4.69, 9.17) is 11.6 Å². The van der Waals surface area contributed by atoms with E-state index in [0.29, 0.717) is 11.2 Å². The predicted molar refractivity (Wildman–Crippen MR) is 89.0 cm³/mol. The van der Waals surface area contributed by atoms with Gasteiger partial charge < -0.3 is 5.32 Å². The maximum absolute atomic E-state index is 6.01. The van der Waals surface area contributed by atoms with Crippen LogP contribution in [0.25, 0.3) is 10.2 Å². The van der Waals surface area contributed by atoms with Crippen LogP contribution in [0.1, 0.15) is 44.4 Å². The van der Waals surface area contributed by atoms with Crippen LogP contribution in [-0.4, -0.2) is 16.5 Å². The lowest BCUT2D eigenvalue weighted by Gasteiger charge is -2.16. The van der Waals surface area contributed by atoms with Gasteiger partial charge >= 0.3 is 0 Å². The zero-order valence-corrected chi connectivity index (χ0v) is 13.9. The molecule has 0 aliphatic rings. The Hall–Kier alpha value is -0.870. The van der Waals surface area contributed by atoms with Crippen molar-refractivity contribution >= 4 is 39.0 Å². The Kier molecular flexibility index (Phi) is 5.61. The minimum Gasteiger partial charge on any atom is -0.369 e. The second-order valence-electron chi connectivity index (χ2n) is 5.21. The Morgan fingerprint density at radius 3 is 2.85 bits per heavy atom. The van der Waals surface area contributed by atoms with Gasteiger partial charge in [-0.05, 0) is 36.9 Å². The van der Waals surface area contributed by atoms with E-state index in [-0.39, 0.29) is 0 Å². The molecule has 2 aromatic heterocycles. The van der Waals surface area contributed by atoms with E-state index in [2.05, 4.69) is 42.1 Å². The Morgan fingerprint density at radius 1 is 1.35 bits per heavy atom. The highest BCUT2D eigenvalue weighted by atomic mass is 35.5. The first-order chi connectivity index (χ1) is 9.63. The minimum absolute atomic E-state index is 0.323. The number of aromatic nitrogens is 2. The van der Waals surface area contributed by atoms with Crippen LogP contribution in [0.3, 0.4) is 0 Å². The van der Waals surface area contributed by atoms with Crippen LogP contribution >= 0.6 is 22.9 Å². The Morgan fingerprint density at radius 2 is 2.15 bits per heavy atom. The quantitative estimate of drug-likeness (QED) is 0.707. The van der Waals surface area contributed by atoms with E-state index < -0.39 is 0 Å². The third kappa shape index (κ3) is 3.83. The van der Waals surface area contributed by atoms with Crippen molar-refractivity contribution < 1.29 is 0 Å². The third-order valence-electron chi connectivity index (χ3n) is 3.59. The molecular weight excluding hydrogens is 290 g/mol. The van der Waals surface area contributed by atoms with Gasteiger partial charge in [0.25, 0.3) is 0 Å². The lowest BCUT2D eigenvalue weighted by molar-refractivity contribution is 0.472. The minimum atomic E-state index is 0.323. The van der Waals surface area contributed by atoms with Crippen LogP contribution in [-0.2, 0) is 0 Å². The number of aryl methyl sites for hydroxylation is 1. The Labute approximate surface area is 129 Å². The maximum atomic E-state index is 6.01. The highest BCUT2D eigenvalue weighted by Gasteiger charge is 2.11. The standard InChI is InChI=1S/C15H22ClN3S/c1-4-6-7-11(5-2)9-17-13-12-8-10(3)20-14(12)19-15(16)18-13/h8,11H,4-7,9H2,1-3H3,(H,17,18,19). The molecule has 2 heterocycles. The van der Waals surface area contributed by atoms with E-state index in [9.17, 15) is 0 Å². The monoisotopic (exact) mass is 311 g/mol. The van der Waals surface area contributed by atoms with Gasteiger partial charge in [0.2, 0.25) is 5.28 Å². The maximum Gasteiger partial charge on any atom is 0.225 e. The molecule has 3 nitrogen and oxygen atoms in total. The lowest BCUT2D eigenvalue weighted by atomic mass is 9.99. The molecule has 2 rings (SSSR count). The van der Waals surface area contributed by atoms with Crippen LogP contribution in [0, 0.1) is 12.8 Å². The van der Waals surface area contributed by atoms with Gasteiger partial charge in [-0.3, -0.25) is 0 Å². The van der Waals surface area contributed by atoms with Gasteiger partial charge in [-0.1, -0.05) is 33.1 Å². The number of nitrogens with one attached hydrogen (secondary N) is 1. The molecular formula is C15H22ClN3S. The summed E-state index contributed by atoms with van der Waals surface area (Å²) < 4.78 is 0. The van der Waals surface area contributed by atoms with Crippen molar-refractivity contribution in [2.75, 3.05) is 11.9 Å². The molecule has 5 heteroatoms. The summed E-state index contributed by atoms with van der Waals surface area (Å²) in [5, 5.41) is 4.88. The summed E-state index contributed by atoms with van der Waals surface area (Å²) in [7, 11) is 0. The molecule has 110 valence electrons. The van der Waals surface area contributed by atoms with E-state index in [0.717, 1.165) is 22.6 Å². The highest BCUT2D eigenvalue weighted by Crippen LogP contribution is 2.29. The predicted octanol–water partition coefficient (Wildman–Crippen LogP) is 5.28. The van der Waals surface area contributed by atoms with Gasteiger partial charge in [0.15, 0.2) is 0 Å². The van der Waals surface area contributed by atoms with Crippen molar-refractivity contribution in [3.05, 3.63) is 16.2 Å². The zero-order valence-electron chi connectivity index (χ0n) is 12.4. The largest absolute Gasteiger partial charge is 0.369 e. The third-order valence-corrected chi connectivity index (χ3v) is 4.70. The second kappa shape index (κ2) is 7.23. The van der Waals surface area contributed by atoms with Crippen molar-refractivity contribution in [1.29, 1.82) is 0 Å². The smallest absolute Gasteiger partial charge is 0.225 e. The average molecular weight is 312 g/mol. The summed E-state index contributed by atoms with van der Waals surface area (Å²) in [6, 6.07) is 2.13. The first-order valence-electron chi connectivity index (χ1n) is 7.31. The van der Waals surface area contributed by atoms with Crippen LogP contribution in [0.5, 0.6) is 0 Å². The molecule has 0 aromatic carbocycles. The Bertz CT molecular complexity index is 567. The number of halogens is 1. The first-order valence-corrected chi connectivity index (χ1v) is 8.51. The van der Waals surface area contributed by atoms with Gasteiger partial charge in [-0.15, -0.1) is 11.3 Å². The number of thiophene rings is 1. The normalized spacial score (nSPS) is 12.8. The summed E-state index contributed by atoms with van der Waals surface area (Å²) in [4.78, 5) is 10.8. The first kappa shape index (κ1) is 15.5. The molecule has 0 aliphatic carbocycles. The van der Waals surface area contributed by atoms with Crippen molar-refractivity contribution in [1.82, 2.24) is 9.97 Å². The molecule has 1 unspecified atom stereocenters. The fourth-order valence-electron chi connectivity index (χ4n) is 2.33. The molecule has 0 bridgehead atoms. The van der Waals surface area contributed by atoms with Crippen LogP contribution in [0.2, 0.25) is 5.28 Å². The van der Waals surface area contributed by atoms with Crippen molar-refractivity contribution in [2.45, 2.75) is 46.5 Å². The molecule has 0 saturated heterocycles. The van der Waals surface area contributed by atoms with Crippen LogP contribution < -0.4 is 5.32 Å². The molecule has 0 fully saturated rings. The number of anilines is 1. The summed E-state index contributed by atoms with van der Waals surface area (Å²) in [6.07, 6.45) is 5.00. The summed E-state index contributed by atoms with van der Waals surface area (Å²) in [5.74, 6) is 1.57. The topological polar surface area (TPSA) is 37.8 Å². The SMILES string of the molecule is CCCCC(CC)CNc1nc(Cl)nc2sc(C)cc12. The molecule has 0 amide bonds. The number of unbranched alkanes of at least 4 members (excludes halogenated alkanes) is 1. The van der Waals surface area contributed by atoms with Gasteiger partial charge in [0.1, 0.15) is 10.6 Å². The second-order valence-corrected chi connectivity index (χ2v) is 6.79. The van der Waals surface area contributed by atoms with E-state index in [1.165, 1.54) is 30.6 Å². The van der Waals surface area contributed by atoms with Crippen LogP contribution in [0.4, 0.5) is 5.82 Å². The average Bonchev–Trinajstić information content (AvgIpc) is 2.79. The number of nitrogens with zero attached hydrogens (tertiary/aromatic N) is 2. The van der Waals surface area contributed by atoms with Crippen molar-refractivity contribution in [3.63, 3.8) is 0 Å². The van der Waals surface area contributed by atoms with Gasteiger partial charge in [-0.25, -0.2) is 9.97 Å². The van der Waals surface area contributed by atoms with Gasteiger partial charge in [0.05, 0.1) is 5.39 Å². The Balaban J connectivity index is 2.12.